The molecule has 2 aromatic heterocycles. The Bertz CT molecular complexity index is 666. The van der Waals surface area contributed by atoms with Gasteiger partial charge in [0.1, 0.15) is 5.82 Å². The molecule has 6 nitrogen and oxygen atoms in total. The zero-order chi connectivity index (χ0) is 15.9. The highest BCUT2D eigenvalue weighted by Gasteiger charge is 2.56. The van der Waals surface area contributed by atoms with Crippen LogP contribution in [0.3, 0.4) is 0 Å². The molecule has 0 aromatic carbocycles. The van der Waals surface area contributed by atoms with Crippen LogP contribution in [-0.2, 0) is 27.2 Å². The lowest BCUT2D eigenvalue weighted by Gasteiger charge is -2.29. The van der Waals surface area contributed by atoms with Crippen molar-refractivity contribution in [2.24, 2.45) is 19.5 Å². The van der Waals surface area contributed by atoms with Crippen LogP contribution in [0.25, 0.3) is 0 Å². The normalized spacial score (nSPS) is 22.8. The van der Waals surface area contributed by atoms with Gasteiger partial charge in [0.05, 0.1) is 12.7 Å². The molecule has 2 fully saturated rings. The maximum absolute atomic E-state index is 4.53. The second-order valence-corrected chi connectivity index (χ2v) is 7.21. The van der Waals surface area contributed by atoms with E-state index in [1.165, 1.54) is 37.9 Å². The Morgan fingerprint density at radius 2 is 2.13 bits per heavy atom. The van der Waals surface area contributed by atoms with Crippen LogP contribution in [0, 0.1) is 5.41 Å². The van der Waals surface area contributed by atoms with Crippen molar-refractivity contribution in [3.8, 4) is 0 Å². The largest absolute Gasteiger partial charge is 0.337 e. The average Bonchev–Trinajstić information content (AvgIpc) is 2.85. The third-order valence-corrected chi connectivity index (χ3v) is 5.60. The quantitative estimate of drug-likeness (QED) is 0.904. The van der Waals surface area contributed by atoms with Crippen molar-refractivity contribution in [1.29, 1.82) is 0 Å². The van der Waals surface area contributed by atoms with Gasteiger partial charge in [-0.25, -0.2) is 4.98 Å². The van der Waals surface area contributed by atoms with Crippen LogP contribution in [0.1, 0.15) is 30.7 Å². The standard InChI is InChI=1S/C17H26N6/c1-21-8-7-19-16(21)13-23(12-14-10-20-22(2)11-14)15-9-17(15)3-5-18-6-4-17/h7-8,10-11,15,18H,3-6,9,12-13H2,1-2H3. The molecule has 0 bridgehead atoms. The van der Waals surface area contributed by atoms with Crippen molar-refractivity contribution in [2.75, 3.05) is 13.1 Å². The van der Waals surface area contributed by atoms with Gasteiger partial charge < -0.3 is 9.88 Å². The van der Waals surface area contributed by atoms with Gasteiger partial charge in [-0.05, 0) is 37.8 Å². The van der Waals surface area contributed by atoms with Gasteiger partial charge in [0.15, 0.2) is 0 Å². The lowest BCUT2D eigenvalue weighted by molar-refractivity contribution is 0.182. The summed E-state index contributed by atoms with van der Waals surface area (Å²) in [7, 11) is 4.07. The first-order chi connectivity index (χ1) is 11.2. The molecule has 1 aliphatic heterocycles. The molecule has 6 heteroatoms. The number of nitrogens with zero attached hydrogens (tertiary/aromatic N) is 5. The molecule has 2 aromatic rings. The number of hydrogen-bond acceptors (Lipinski definition) is 4. The molecule has 4 rings (SSSR count). The van der Waals surface area contributed by atoms with E-state index in [0.29, 0.717) is 11.5 Å². The molecular weight excluding hydrogens is 288 g/mol. The minimum absolute atomic E-state index is 0.540. The zero-order valence-corrected chi connectivity index (χ0v) is 14.1. The van der Waals surface area contributed by atoms with Gasteiger partial charge in [0.2, 0.25) is 0 Å². The van der Waals surface area contributed by atoms with Gasteiger partial charge in [-0.2, -0.15) is 5.10 Å². The molecule has 1 spiro atoms. The molecule has 2 aliphatic rings. The van der Waals surface area contributed by atoms with Crippen molar-refractivity contribution in [3.05, 3.63) is 36.2 Å². The zero-order valence-electron chi connectivity index (χ0n) is 14.1. The molecule has 1 aliphatic carbocycles. The van der Waals surface area contributed by atoms with Crippen molar-refractivity contribution in [2.45, 2.75) is 38.4 Å². The van der Waals surface area contributed by atoms with Crippen molar-refractivity contribution in [3.63, 3.8) is 0 Å². The maximum atomic E-state index is 4.53. The van der Waals surface area contributed by atoms with E-state index >= 15 is 0 Å². The fourth-order valence-electron chi connectivity index (χ4n) is 4.10. The van der Waals surface area contributed by atoms with Gasteiger partial charge in [0, 0.05) is 50.8 Å². The third-order valence-electron chi connectivity index (χ3n) is 5.60. The Labute approximate surface area is 137 Å². The lowest BCUT2D eigenvalue weighted by atomic mass is 9.93. The van der Waals surface area contributed by atoms with E-state index in [2.05, 4.69) is 38.1 Å². The molecule has 1 saturated heterocycles. The number of hydrogen-bond donors (Lipinski definition) is 1. The summed E-state index contributed by atoms with van der Waals surface area (Å²) in [6, 6.07) is 0.682. The highest BCUT2D eigenvalue weighted by atomic mass is 15.3. The Balaban J connectivity index is 1.53. The Kier molecular flexibility index (Phi) is 3.73. The highest BCUT2D eigenvalue weighted by Crippen LogP contribution is 2.56. The molecule has 124 valence electrons. The molecule has 1 unspecified atom stereocenters. The van der Waals surface area contributed by atoms with Crippen LogP contribution in [0.15, 0.2) is 24.8 Å². The van der Waals surface area contributed by atoms with E-state index in [0.717, 1.165) is 18.9 Å². The molecular formula is C17H26N6. The smallest absolute Gasteiger partial charge is 0.122 e. The molecule has 0 amide bonds. The first kappa shape index (κ1) is 14.9. The first-order valence-corrected chi connectivity index (χ1v) is 8.55. The average molecular weight is 314 g/mol. The van der Waals surface area contributed by atoms with Crippen LogP contribution in [0.4, 0.5) is 0 Å². The van der Waals surface area contributed by atoms with E-state index < -0.39 is 0 Å². The number of rotatable bonds is 5. The van der Waals surface area contributed by atoms with Crippen LogP contribution in [0.5, 0.6) is 0 Å². The number of piperidine rings is 1. The minimum atomic E-state index is 0.540. The van der Waals surface area contributed by atoms with Crippen molar-refractivity contribution in [1.82, 2.24) is 29.5 Å². The Morgan fingerprint density at radius 1 is 1.30 bits per heavy atom. The van der Waals surface area contributed by atoms with Crippen LogP contribution in [-0.4, -0.2) is 43.4 Å². The summed E-state index contributed by atoms with van der Waals surface area (Å²) in [5, 5.41) is 7.83. The van der Waals surface area contributed by atoms with E-state index in [4.69, 9.17) is 0 Å². The molecule has 23 heavy (non-hydrogen) atoms. The van der Waals surface area contributed by atoms with Gasteiger partial charge in [-0.1, -0.05) is 0 Å². The topological polar surface area (TPSA) is 50.9 Å². The van der Waals surface area contributed by atoms with Crippen molar-refractivity contribution < 1.29 is 0 Å². The van der Waals surface area contributed by atoms with Crippen LogP contribution < -0.4 is 5.32 Å². The van der Waals surface area contributed by atoms with Crippen LogP contribution >= 0.6 is 0 Å². The first-order valence-electron chi connectivity index (χ1n) is 8.55. The predicted octanol–water partition coefficient (Wildman–Crippen LogP) is 1.30. The molecule has 3 heterocycles. The fourth-order valence-corrected chi connectivity index (χ4v) is 4.10. The number of aryl methyl sites for hydroxylation is 2. The number of aromatic nitrogens is 4. The number of imidazole rings is 1. The summed E-state index contributed by atoms with van der Waals surface area (Å²) in [6.07, 6.45) is 12.0. The van der Waals surface area contributed by atoms with Crippen molar-refractivity contribution >= 4 is 0 Å². The second-order valence-electron chi connectivity index (χ2n) is 7.21. The summed E-state index contributed by atoms with van der Waals surface area (Å²) < 4.78 is 4.02. The summed E-state index contributed by atoms with van der Waals surface area (Å²) in [5.41, 5.74) is 1.83. The van der Waals surface area contributed by atoms with Crippen LogP contribution in [0.2, 0.25) is 0 Å². The summed E-state index contributed by atoms with van der Waals surface area (Å²) in [5.74, 6) is 1.14. The minimum Gasteiger partial charge on any atom is -0.337 e. The highest BCUT2D eigenvalue weighted by molar-refractivity contribution is 5.13. The van der Waals surface area contributed by atoms with E-state index in [1.54, 1.807) is 0 Å². The summed E-state index contributed by atoms with van der Waals surface area (Å²) in [6.45, 7) is 4.21. The summed E-state index contributed by atoms with van der Waals surface area (Å²) >= 11 is 0. The number of nitrogens with one attached hydrogen (secondary N) is 1. The third kappa shape index (κ3) is 2.93. The molecule has 0 radical (unpaired) electrons. The molecule has 1 N–H and O–H groups in total. The molecule has 1 atom stereocenters. The fraction of sp³-hybridized carbons (Fsp3) is 0.647. The molecule has 1 saturated carbocycles. The SMILES string of the molecule is Cn1cc(CN(Cc2nccn2C)C2CC23CCNCC3)cn1. The predicted molar refractivity (Wildman–Crippen MR) is 88.6 cm³/mol. The lowest BCUT2D eigenvalue weighted by Crippen LogP contribution is -2.36. The van der Waals surface area contributed by atoms with Gasteiger partial charge in [-0.3, -0.25) is 9.58 Å². The van der Waals surface area contributed by atoms with Gasteiger partial charge in [-0.15, -0.1) is 0 Å². The van der Waals surface area contributed by atoms with Gasteiger partial charge >= 0.3 is 0 Å². The van der Waals surface area contributed by atoms with E-state index in [1.807, 2.05) is 30.3 Å². The van der Waals surface area contributed by atoms with Gasteiger partial charge in [0.25, 0.3) is 0 Å². The Hall–Kier alpha value is -1.66. The monoisotopic (exact) mass is 314 g/mol. The Morgan fingerprint density at radius 3 is 2.78 bits per heavy atom. The maximum Gasteiger partial charge on any atom is 0.122 e. The van der Waals surface area contributed by atoms with E-state index in [9.17, 15) is 0 Å². The van der Waals surface area contributed by atoms with E-state index in [-0.39, 0.29) is 0 Å². The summed E-state index contributed by atoms with van der Waals surface area (Å²) in [4.78, 5) is 7.15. The second kappa shape index (κ2) is 5.76.